The maximum Gasteiger partial charge on any atom is 0.326 e. The van der Waals surface area contributed by atoms with Crippen LogP contribution in [0.1, 0.15) is 51.9 Å². The van der Waals surface area contributed by atoms with Crippen LogP contribution in [0.3, 0.4) is 0 Å². The van der Waals surface area contributed by atoms with Gasteiger partial charge in [0, 0.05) is 6.04 Å². The van der Waals surface area contributed by atoms with Crippen molar-refractivity contribution in [3.63, 3.8) is 0 Å². The number of nitrogens with one attached hydrogen (secondary N) is 1. The van der Waals surface area contributed by atoms with Crippen molar-refractivity contribution < 1.29 is 9.53 Å². The van der Waals surface area contributed by atoms with E-state index in [4.69, 9.17) is 4.74 Å². The number of hydrogen-bond acceptors (Lipinski definition) is 4. The Hall–Kier alpha value is -0.610. The highest BCUT2D eigenvalue weighted by Crippen LogP contribution is 2.31. The lowest BCUT2D eigenvalue weighted by atomic mass is 9.78. The highest BCUT2D eigenvalue weighted by molar-refractivity contribution is 5.81. The van der Waals surface area contributed by atoms with Crippen LogP contribution in [-0.4, -0.2) is 50.2 Å². The molecule has 1 saturated carbocycles. The number of likely N-dealkylation sites (N-methyl/N-ethyl adjacent to an activating group) is 1. The van der Waals surface area contributed by atoms with Crippen molar-refractivity contribution in [1.29, 1.82) is 0 Å². The molecule has 1 aliphatic rings. The number of nitrogens with zero attached hydrogens (tertiary/aromatic N) is 1. The van der Waals surface area contributed by atoms with Gasteiger partial charge in [-0.05, 0) is 52.7 Å². The first kappa shape index (κ1) is 16.4. The second-order valence-corrected chi connectivity index (χ2v) is 5.76. The fourth-order valence-corrected chi connectivity index (χ4v) is 3.13. The lowest BCUT2D eigenvalue weighted by molar-refractivity contribution is -0.150. The average Bonchev–Trinajstić information content (AvgIpc) is 2.46. The molecule has 0 saturated heterocycles. The number of carbonyl (C=O) groups is 1. The Labute approximate surface area is 117 Å². The molecular weight excluding hydrogens is 240 g/mol. The lowest BCUT2D eigenvalue weighted by Gasteiger charge is -2.41. The number of esters is 1. The van der Waals surface area contributed by atoms with Crippen LogP contribution < -0.4 is 5.32 Å². The predicted octanol–water partition coefficient (Wildman–Crippen LogP) is 2.18. The van der Waals surface area contributed by atoms with Gasteiger partial charge in [0.1, 0.15) is 5.54 Å². The Balaban J connectivity index is 2.59. The summed E-state index contributed by atoms with van der Waals surface area (Å²) in [6, 6.07) is 0.483. The van der Waals surface area contributed by atoms with Gasteiger partial charge in [-0.25, -0.2) is 0 Å². The zero-order chi connectivity index (χ0) is 14.3. The van der Waals surface area contributed by atoms with Crippen LogP contribution in [0.25, 0.3) is 0 Å². The summed E-state index contributed by atoms with van der Waals surface area (Å²) in [4.78, 5) is 14.5. The molecule has 0 aromatic rings. The molecular formula is C15H30N2O2. The standard InChI is InChI=1S/C15H30N2O2/c1-5-6-7-11-17(3)13-9-8-10-15(12-13,16-2)14(18)19-4/h13,16H,5-12H2,1-4H3. The van der Waals surface area contributed by atoms with Gasteiger partial charge in [0.2, 0.25) is 0 Å². The molecule has 0 amide bonds. The third-order valence-corrected chi connectivity index (χ3v) is 4.52. The van der Waals surface area contributed by atoms with Crippen molar-refractivity contribution in [2.24, 2.45) is 0 Å². The molecule has 0 aliphatic heterocycles. The first-order chi connectivity index (χ1) is 9.09. The summed E-state index contributed by atoms with van der Waals surface area (Å²) in [5.74, 6) is -0.110. The molecule has 1 rings (SSSR count). The minimum atomic E-state index is -0.476. The first-order valence-electron chi connectivity index (χ1n) is 7.57. The van der Waals surface area contributed by atoms with Crippen LogP contribution >= 0.6 is 0 Å². The number of unbranched alkanes of at least 4 members (excludes halogenated alkanes) is 2. The highest BCUT2D eigenvalue weighted by Gasteiger charge is 2.43. The molecule has 0 heterocycles. The van der Waals surface area contributed by atoms with Gasteiger partial charge in [-0.3, -0.25) is 4.79 Å². The molecule has 19 heavy (non-hydrogen) atoms. The van der Waals surface area contributed by atoms with E-state index in [1.54, 1.807) is 0 Å². The first-order valence-corrected chi connectivity index (χ1v) is 7.57. The highest BCUT2D eigenvalue weighted by atomic mass is 16.5. The van der Waals surface area contributed by atoms with Crippen molar-refractivity contribution in [1.82, 2.24) is 10.2 Å². The number of ether oxygens (including phenoxy) is 1. The topological polar surface area (TPSA) is 41.6 Å². The van der Waals surface area contributed by atoms with Gasteiger partial charge in [0.15, 0.2) is 0 Å². The molecule has 1 N–H and O–H groups in total. The van der Waals surface area contributed by atoms with E-state index in [-0.39, 0.29) is 5.97 Å². The minimum absolute atomic E-state index is 0.110. The lowest BCUT2D eigenvalue weighted by Crippen LogP contribution is -2.57. The van der Waals surface area contributed by atoms with Crippen molar-refractivity contribution in [3.8, 4) is 0 Å². The Morgan fingerprint density at radius 2 is 2.21 bits per heavy atom. The van der Waals surface area contributed by atoms with Crippen LogP contribution in [0, 0.1) is 0 Å². The maximum atomic E-state index is 12.0. The van der Waals surface area contributed by atoms with Crippen LogP contribution in [0.5, 0.6) is 0 Å². The smallest absolute Gasteiger partial charge is 0.326 e. The van der Waals surface area contributed by atoms with E-state index in [0.717, 1.165) is 25.8 Å². The van der Waals surface area contributed by atoms with Crippen LogP contribution in [-0.2, 0) is 9.53 Å². The molecule has 2 atom stereocenters. The molecule has 1 fully saturated rings. The van der Waals surface area contributed by atoms with Gasteiger partial charge in [0.05, 0.1) is 7.11 Å². The molecule has 0 radical (unpaired) electrons. The van der Waals surface area contributed by atoms with Crippen molar-refractivity contribution >= 4 is 5.97 Å². The number of rotatable bonds is 7. The quantitative estimate of drug-likeness (QED) is 0.569. The van der Waals surface area contributed by atoms with Crippen LogP contribution in [0.2, 0.25) is 0 Å². The largest absolute Gasteiger partial charge is 0.468 e. The van der Waals surface area contributed by atoms with Crippen molar-refractivity contribution in [2.75, 3.05) is 27.7 Å². The van der Waals surface area contributed by atoms with Crippen molar-refractivity contribution in [2.45, 2.75) is 63.5 Å². The summed E-state index contributed by atoms with van der Waals surface area (Å²) in [5, 5.41) is 3.22. The third kappa shape index (κ3) is 4.18. The zero-order valence-corrected chi connectivity index (χ0v) is 13.0. The Kier molecular flexibility index (Phi) is 6.80. The van der Waals surface area contributed by atoms with E-state index in [9.17, 15) is 4.79 Å². The molecule has 0 bridgehead atoms. The summed E-state index contributed by atoms with van der Waals surface area (Å²) in [7, 11) is 5.54. The van der Waals surface area contributed by atoms with Crippen LogP contribution in [0.15, 0.2) is 0 Å². The van der Waals surface area contributed by atoms with Gasteiger partial charge in [-0.1, -0.05) is 19.8 Å². The van der Waals surface area contributed by atoms with Gasteiger partial charge in [-0.15, -0.1) is 0 Å². The van der Waals surface area contributed by atoms with E-state index in [1.807, 2.05) is 7.05 Å². The van der Waals surface area contributed by atoms with E-state index in [2.05, 4.69) is 24.2 Å². The molecule has 0 spiro atoms. The van der Waals surface area contributed by atoms with E-state index >= 15 is 0 Å². The summed E-state index contributed by atoms with van der Waals surface area (Å²) >= 11 is 0. The molecule has 1 aliphatic carbocycles. The van der Waals surface area contributed by atoms with Gasteiger partial charge < -0.3 is 15.0 Å². The Bertz CT molecular complexity index is 283. The number of methoxy groups -OCH3 is 1. The summed E-state index contributed by atoms with van der Waals surface area (Å²) in [6.07, 6.45) is 7.79. The monoisotopic (exact) mass is 270 g/mol. The third-order valence-electron chi connectivity index (χ3n) is 4.52. The molecule has 0 aromatic carbocycles. The zero-order valence-electron chi connectivity index (χ0n) is 13.0. The molecule has 4 nitrogen and oxygen atoms in total. The van der Waals surface area contributed by atoms with Crippen LogP contribution in [0.4, 0.5) is 0 Å². The Morgan fingerprint density at radius 1 is 1.47 bits per heavy atom. The number of hydrogen-bond donors (Lipinski definition) is 1. The van der Waals surface area contributed by atoms with Gasteiger partial charge in [0.25, 0.3) is 0 Å². The van der Waals surface area contributed by atoms with E-state index in [0.29, 0.717) is 6.04 Å². The Morgan fingerprint density at radius 3 is 2.79 bits per heavy atom. The average molecular weight is 270 g/mol. The second-order valence-electron chi connectivity index (χ2n) is 5.76. The van der Waals surface area contributed by atoms with Gasteiger partial charge in [-0.2, -0.15) is 0 Å². The molecule has 0 aromatic heterocycles. The minimum Gasteiger partial charge on any atom is -0.468 e. The second kappa shape index (κ2) is 7.85. The summed E-state index contributed by atoms with van der Waals surface area (Å²) < 4.78 is 4.99. The van der Waals surface area contributed by atoms with Crippen molar-refractivity contribution in [3.05, 3.63) is 0 Å². The SMILES string of the molecule is CCCCCN(C)C1CCCC(NC)(C(=O)OC)C1. The fraction of sp³-hybridized carbons (Fsp3) is 0.933. The van der Waals surface area contributed by atoms with E-state index < -0.39 is 5.54 Å². The summed E-state index contributed by atoms with van der Waals surface area (Å²) in [6.45, 7) is 3.35. The molecule has 112 valence electrons. The maximum absolute atomic E-state index is 12.0. The predicted molar refractivity (Wildman–Crippen MR) is 78.2 cm³/mol. The molecule has 2 unspecified atom stereocenters. The normalized spacial score (nSPS) is 27.5. The molecule has 4 heteroatoms. The fourth-order valence-electron chi connectivity index (χ4n) is 3.13. The summed E-state index contributed by atoms with van der Waals surface area (Å²) in [5.41, 5.74) is -0.476. The van der Waals surface area contributed by atoms with Gasteiger partial charge >= 0.3 is 5.97 Å². The number of carbonyl (C=O) groups excluding carboxylic acids is 1. The van der Waals surface area contributed by atoms with E-state index in [1.165, 1.54) is 32.8 Å².